The summed E-state index contributed by atoms with van der Waals surface area (Å²) in [5.74, 6) is -0.493. The number of esters is 1. The molecule has 1 aromatic heterocycles. The molecular formula is C19H23N3O5S. The molecule has 1 saturated heterocycles. The summed E-state index contributed by atoms with van der Waals surface area (Å²) in [4.78, 5) is 43.5. The minimum Gasteiger partial charge on any atom is -0.468 e. The van der Waals surface area contributed by atoms with Gasteiger partial charge in [0.1, 0.15) is 6.54 Å². The molecule has 0 saturated carbocycles. The summed E-state index contributed by atoms with van der Waals surface area (Å²) in [5.41, 5.74) is 0.191. The summed E-state index contributed by atoms with van der Waals surface area (Å²) < 4.78 is 11.6. The number of morpholine rings is 1. The van der Waals surface area contributed by atoms with Crippen LogP contribution in [-0.2, 0) is 25.6 Å². The van der Waals surface area contributed by atoms with Gasteiger partial charge in [0.05, 0.1) is 36.0 Å². The van der Waals surface area contributed by atoms with E-state index in [-0.39, 0.29) is 36.0 Å². The molecule has 3 rings (SSSR count). The molecule has 1 amide bonds. The number of amides is 1. The maximum atomic E-state index is 12.8. The second-order valence-electron chi connectivity index (χ2n) is 6.72. The number of carbonyl (C=O) groups is 2. The number of aromatic nitrogens is 2. The highest BCUT2D eigenvalue weighted by Gasteiger charge is 2.26. The molecule has 0 radical (unpaired) electrons. The van der Waals surface area contributed by atoms with Gasteiger partial charge in [-0.15, -0.1) is 0 Å². The number of fused-ring (bicyclic) bond motifs is 1. The third kappa shape index (κ3) is 4.53. The van der Waals surface area contributed by atoms with Crippen LogP contribution in [0.25, 0.3) is 10.9 Å². The Labute approximate surface area is 166 Å². The molecule has 1 aromatic carbocycles. The highest BCUT2D eigenvalue weighted by Crippen LogP contribution is 2.20. The van der Waals surface area contributed by atoms with Gasteiger partial charge < -0.3 is 14.4 Å². The molecule has 1 aliphatic rings. The van der Waals surface area contributed by atoms with Gasteiger partial charge in [-0.2, -0.15) is 0 Å². The smallest absolute Gasteiger partial charge is 0.325 e. The van der Waals surface area contributed by atoms with E-state index in [2.05, 4.69) is 4.98 Å². The largest absolute Gasteiger partial charge is 0.468 e. The second kappa shape index (κ2) is 8.74. The van der Waals surface area contributed by atoms with Crippen LogP contribution in [-0.4, -0.2) is 64.5 Å². The molecule has 0 bridgehead atoms. The van der Waals surface area contributed by atoms with E-state index >= 15 is 0 Å². The number of nitrogens with zero attached hydrogens (tertiary/aromatic N) is 3. The SMILES string of the molecule is COC(=O)Cn1c(SCC(=O)N2C[C@@H](C)O[C@@H](C)C2)nc2ccccc2c1=O. The Morgan fingerprint density at radius 2 is 1.93 bits per heavy atom. The van der Waals surface area contributed by atoms with Crippen LogP contribution in [0.3, 0.4) is 0 Å². The molecule has 1 aliphatic heterocycles. The Morgan fingerprint density at radius 3 is 2.61 bits per heavy atom. The fraction of sp³-hybridized carbons (Fsp3) is 0.474. The molecule has 28 heavy (non-hydrogen) atoms. The number of para-hydroxylation sites is 1. The summed E-state index contributed by atoms with van der Waals surface area (Å²) in [5, 5.41) is 0.731. The minimum atomic E-state index is -0.553. The molecule has 1 fully saturated rings. The molecule has 150 valence electrons. The van der Waals surface area contributed by atoms with Crippen LogP contribution in [0.5, 0.6) is 0 Å². The Hall–Kier alpha value is -2.39. The average molecular weight is 405 g/mol. The topological polar surface area (TPSA) is 90.7 Å². The first-order valence-electron chi connectivity index (χ1n) is 9.01. The van der Waals surface area contributed by atoms with Gasteiger partial charge in [-0.25, -0.2) is 4.98 Å². The maximum absolute atomic E-state index is 12.8. The number of rotatable bonds is 5. The van der Waals surface area contributed by atoms with E-state index in [1.807, 2.05) is 13.8 Å². The van der Waals surface area contributed by atoms with Gasteiger partial charge in [-0.3, -0.25) is 19.0 Å². The summed E-state index contributed by atoms with van der Waals surface area (Å²) in [6.07, 6.45) is -0.0389. The monoisotopic (exact) mass is 405 g/mol. The van der Waals surface area contributed by atoms with Crippen LogP contribution in [0.1, 0.15) is 13.8 Å². The quantitative estimate of drug-likeness (QED) is 0.421. The first-order chi connectivity index (χ1) is 13.4. The van der Waals surface area contributed by atoms with Crippen molar-refractivity contribution >= 4 is 34.5 Å². The van der Waals surface area contributed by atoms with E-state index in [0.717, 1.165) is 11.8 Å². The van der Waals surface area contributed by atoms with Crippen LogP contribution in [0.15, 0.2) is 34.2 Å². The summed E-state index contributed by atoms with van der Waals surface area (Å²) in [6.45, 7) is 4.67. The molecule has 9 heteroatoms. The summed E-state index contributed by atoms with van der Waals surface area (Å²) in [6, 6.07) is 6.92. The summed E-state index contributed by atoms with van der Waals surface area (Å²) >= 11 is 1.14. The number of hydrogen-bond donors (Lipinski definition) is 0. The zero-order valence-corrected chi connectivity index (χ0v) is 16.9. The van der Waals surface area contributed by atoms with E-state index in [4.69, 9.17) is 9.47 Å². The third-order valence-corrected chi connectivity index (χ3v) is 5.40. The Morgan fingerprint density at radius 1 is 1.25 bits per heavy atom. The van der Waals surface area contributed by atoms with Gasteiger partial charge in [-0.05, 0) is 26.0 Å². The zero-order valence-electron chi connectivity index (χ0n) is 16.1. The molecule has 0 unspecified atom stereocenters. The number of ether oxygens (including phenoxy) is 2. The van der Waals surface area contributed by atoms with Crippen molar-refractivity contribution in [1.29, 1.82) is 0 Å². The van der Waals surface area contributed by atoms with Crippen molar-refractivity contribution in [1.82, 2.24) is 14.5 Å². The summed E-state index contributed by atoms with van der Waals surface area (Å²) in [7, 11) is 1.26. The van der Waals surface area contributed by atoms with Gasteiger partial charge in [0, 0.05) is 13.1 Å². The lowest BCUT2D eigenvalue weighted by atomic mass is 10.2. The van der Waals surface area contributed by atoms with Gasteiger partial charge in [0.25, 0.3) is 5.56 Å². The van der Waals surface area contributed by atoms with Crippen LogP contribution in [0, 0.1) is 0 Å². The maximum Gasteiger partial charge on any atom is 0.325 e. The lowest BCUT2D eigenvalue weighted by Gasteiger charge is -2.35. The molecule has 2 aromatic rings. The van der Waals surface area contributed by atoms with Crippen molar-refractivity contribution in [3.05, 3.63) is 34.6 Å². The van der Waals surface area contributed by atoms with E-state index in [9.17, 15) is 14.4 Å². The Kier molecular flexibility index (Phi) is 6.35. The van der Waals surface area contributed by atoms with Crippen LogP contribution >= 0.6 is 11.8 Å². The van der Waals surface area contributed by atoms with Crippen LogP contribution < -0.4 is 5.56 Å². The van der Waals surface area contributed by atoms with E-state index < -0.39 is 5.97 Å². The number of thioether (sulfide) groups is 1. The predicted octanol–water partition coefficient (Wildman–Crippen LogP) is 1.30. The standard InChI is InChI=1S/C19H23N3O5S/c1-12-8-21(9-13(2)27-12)16(23)11-28-19-20-15-7-5-4-6-14(15)18(25)22(19)10-17(24)26-3/h4-7,12-13H,8-11H2,1-3H3/t12-,13+. The molecule has 0 N–H and O–H groups in total. The van der Waals surface area contributed by atoms with Crippen molar-refractivity contribution in [2.45, 2.75) is 37.8 Å². The number of hydrogen-bond acceptors (Lipinski definition) is 7. The highest BCUT2D eigenvalue weighted by atomic mass is 32.2. The van der Waals surface area contributed by atoms with E-state index in [1.54, 1.807) is 29.2 Å². The normalized spacial score (nSPS) is 19.6. The van der Waals surface area contributed by atoms with Crippen molar-refractivity contribution in [2.75, 3.05) is 26.0 Å². The molecule has 8 nitrogen and oxygen atoms in total. The first kappa shape index (κ1) is 20.3. The highest BCUT2D eigenvalue weighted by molar-refractivity contribution is 7.99. The second-order valence-corrected chi connectivity index (χ2v) is 7.67. The van der Waals surface area contributed by atoms with Crippen LogP contribution in [0.4, 0.5) is 0 Å². The number of methoxy groups -OCH3 is 1. The van der Waals surface area contributed by atoms with Crippen molar-refractivity contribution in [3.63, 3.8) is 0 Å². The third-order valence-electron chi connectivity index (χ3n) is 4.44. The van der Waals surface area contributed by atoms with Crippen molar-refractivity contribution in [2.24, 2.45) is 0 Å². The molecule has 0 spiro atoms. The van der Waals surface area contributed by atoms with Gasteiger partial charge in [0.15, 0.2) is 5.16 Å². The average Bonchev–Trinajstić information content (AvgIpc) is 2.67. The van der Waals surface area contributed by atoms with Gasteiger partial charge >= 0.3 is 5.97 Å². The lowest BCUT2D eigenvalue weighted by Crippen LogP contribution is -2.48. The fourth-order valence-corrected chi connectivity index (χ4v) is 4.09. The van der Waals surface area contributed by atoms with Gasteiger partial charge in [0.2, 0.25) is 5.91 Å². The molecule has 0 aliphatic carbocycles. The van der Waals surface area contributed by atoms with Crippen molar-refractivity contribution in [3.8, 4) is 0 Å². The Bertz CT molecular complexity index is 935. The van der Waals surface area contributed by atoms with Crippen molar-refractivity contribution < 1.29 is 19.1 Å². The fourth-order valence-electron chi connectivity index (χ4n) is 3.19. The minimum absolute atomic E-state index is 0.0194. The number of benzene rings is 1. The predicted molar refractivity (Wildman–Crippen MR) is 105 cm³/mol. The lowest BCUT2D eigenvalue weighted by molar-refractivity contribution is -0.141. The molecule has 2 atom stereocenters. The number of carbonyl (C=O) groups excluding carboxylic acids is 2. The zero-order chi connectivity index (χ0) is 20.3. The molecular weight excluding hydrogens is 382 g/mol. The van der Waals surface area contributed by atoms with E-state index in [0.29, 0.717) is 29.1 Å². The van der Waals surface area contributed by atoms with Crippen LogP contribution in [0.2, 0.25) is 0 Å². The Balaban J connectivity index is 1.84. The van der Waals surface area contributed by atoms with E-state index in [1.165, 1.54) is 11.7 Å². The molecule has 2 heterocycles. The first-order valence-corrected chi connectivity index (χ1v) is 10.00. The van der Waals surface area contributed by atoms with Gasteiger partial charge in [-0.1, -0.05) is 23.9 Å².